The van der Waals surface area contributed by atoms with Gasteiger partial charge in [-0.05, 0) is 13.0 Å². The third-order valence-corrected chi connectivity index (χ3v) is 6.15. The van der Waals surface area contributed by atoms with Crippen LogP contribution in [0.3, 0.4) is 0 Å². The average molecular weight is 340 g/mol. The van der Waals surface area contributed by atoms with Gasteiger partial charge in [-0.1, -0.05) is 6.92 Å². The molecule has 0 saturated carbocycles. The molecular weight excluding hydrogens is 320 g/mol. The third-order valence-electron chi connectivity index (χ3n) is 4.45. The maximum atomic E-state index is 12.7. The number of carbonyl (C=O) groups is 1. The molecule has 2 atom stereocenters. The van der Waals surface area contributed by atoms with Crippen molar-refractivity contribution in [1.29, 1.82) is 0 Å². The molecular formula is C14H20N4O4S. The number of sulfone groups is 1. The van der Waals surface area contributed by atoms with Gasteiger partial charge in [-0.2, -0.15) is 0 Å². The maximum absolute atomic E-state index is 12.7. The fourth-order valence-corrected chi connectivity index (χ4v) is 5.46. The predicted molar refractivity (Wildman–Crippen MR) is 84.0 cm³/mol. The highest BCUT2D eigenvalue weighted by Crippen LogP contribution is 2.27. The van der Waals surface area contributed by atoms with Gasteiger partial charge in [-0.3, -0.25) is 14.5 Å². The van der Waals surface area contributed by atoms with Crippen LogP contribution >= 0.6 is 0 Å². The highest BCUT2D eigenvalue weighted by atomic mass is 32.2. The van der Waals surface area contributed by atoms with Crippen LogP contribution in [0.2, 0.25) is 0 Å². The summed E-state index contributed by atoms with van der Waals surface area (Å²) in [6.07, 6.45) is 3.28. The minimum Gasteiger partial charge on any atom is -0.330 e. The van der Waals surface area contributed by atoms with Gasteiger partial charge in [0.1, 0.15) is 5.69 Å². The van der Waals surface area contributed by atoms with Crippen LogP contribution in [0, 0.1) is 0 Å². The Labute approximate surface area is 134 Å². The highest BCUT2D eigenvalue weighted by molar-refractivity contribution is 7.91. The quantitative estimate of drug-likeness (QED) is 0.765. The number of hydrogen-bond acceptors (Lipinski definition) is 6. The minimum absolute atomic E-state index is 0.00697. The van der Waals surface area contributed by atoms with Crippen LogP contribution in [0.5, 0.6) is 0 Å². The standard InChI is InChI=1S/C14H20N4O4S/c1-2-3-17-4-5-18(12-9-23(21,22)8-11(12)17)14(20)10-6-16-13(19)7-15-10/h6-7,11-12H,2-5,8-9H2,1H3,(H,16,19)/t11-,12+/m0/s1. The zero-order valence-corrected chi connectivity index (χ0v) is 13.8. The van der Waals surface area contributed by atoms with E-state index >= 15 is 0 Å². The van der Waals surface area contributed by atoms with Crippen LogP contribution in [0.1, 0.15) is 23.8 Å². The first kappa shape index (κ1) is 16.1. The van der Waals surface area contributed by atoms with Gasteiger partial charge in [0.05, 0.1) is 23.7 Å². The molecule has 0 aliphatic carbocycles. The molecule has 0 radical (unpaired) electrons. The van der Waals surface area contributed by atoms with E-state index in [0.717, 1.165) is 19.2 Å². The Hall–Kier alpha value is -1.74. The minimum atomic E-state index is -3.15. The van der Waals surface area contributed by atoms with E-state index in [2.05, 4.69) is 21.8 Å². The third kappa shape index (κ3) is 3.16. The van der Waals surface area contributed by atoms with E-state index in [9.17, 15) is 18.0 Å². The summed E-state index contributed by atoms with van der Waals surface area (Å²) in [5, 5.41) is 0. The molecule has 9 heteroatoms. The van der Waals surface area contributed by atoms with E-state index in [4.69, 9.17) is 0 Å². The molecule has 3 heterocycles. The van der Waals surface area contributed by atoms with Crippen LogP contribution in [0.25, 0.3) is 0 Å². The fourth-order valence-electron chi connectivity index (χ4n) is 3.45. The summed E-state index contributed by atoms with van der Waals surface area (Å²) in [6.45, 7) is 4.01. The number of nitrogens with zero attached hydrogens (tertiary/aromatic N) is 3. The molecule has 0 unspecified atom stereocenters. The van der Waals surface area contributed by atoms with Gasteiger partial charge in [0.2, 0.25) is 0 Å². The van der Waals surface area contributed by atoms with Crippen molar-refractivity contribution in [2.45, 2.75) is 25.4 Å². The largest absolute Gasteiger partial charge is 0.330 e. The number of aromatic amines is 1. The van der Waals surface area contributed by atoms with Crippen LogP contribution in [0.15, 0.2) is 17.2 Å². The van der Waals surface area contributed by atoms with Crippen molar-refractivity contribution in [3.63, 3.8) is 0 Å². The van der Waals surface area contributed by atoms with Crippen molar-refractivity contribution in [3.8, 4) is 0 Å². The van der Waals surface area contributed by atoms with Gasteiger partial charge in [0, 0.05) is 25.3 Å². The number of amides is 1. The maximum Gasteiger partial charge on any atom is 0.274 e. The number of hydrogen-bond donors (Lipinski definition) is 1. The van der Waals surface area contributed by atoms with E-state index < -0.39 is 9.84 Å². The molecule has 2 aliphatic rings. The SMILES string of the molecule is CCCN1CCN(C(=O)c2c[nH]c(=O)cn2)[C@@H]2CS(=O)(=O)C[C@@H]21. The second-order valence-electron chi connectivity index (χ2n) is 6.04. The Morgan fingerprint density at radius 2 is 2.09 bits per heavy atom. The monoisotopic (exact) mass is 340 g/mol. The first-order valence-corrected chi connectivity index (χ1v) is 9.53. The first-order valence-electron chi connectivity index (χ1n) is 7.71. The van der Waals surface area contributed by atoms with Crippen molar-refractivity contribution < 1.29 is 13.2 Å². The molecule has 1 amide bonds. The summed E-state index contributed by atoms with van der Waals surface area (Å²) in [5.74, 6) is -0.238. The Balaban J connectivity index is 1.87. The Kier molecular flexibility index (Phi) is 4.24. The van der Waals surface area contributed by atoms with Gasteiger partial charge in [0.25, 0.3) is 11.5 Å². The zero-order chi connectivity index (χ0) is 16.6. The first-order chi connectivity index (χ1) is 10.9. The molecule has 3 rings (SSSR count). The number of nitrogens with one attached hydrogen (secondary N) is 1. The average Bonchev–Trinajstić information content (AvgIpc) is 2.83. The van der Waals surface area contributed by atoms with E-state index in [1.54, 1.807) is 4.90 Å². The van der Waals surface area contributed by atoms with Crippen LogP contribution in [0.4, 0.5) is 0 Å². The van der Waals surface area contributed by atoms with Crippen LogP contribution in [-0.2, 0) is 9.84 Å². The Morgan fingerprint density at radius 1 is 1.35 bits per heavy atom. The Bertz CT molecular complexity index is 740. The molecule has 0 bridgehead atoms. The summed E-state index contributed by atoms with van der Waals surface area (Å²) >= 11 is 0. The molecule has 1 aromatic rings. The summed E-state index contributed by atoms with van der Waals surface area (Å²) in [4.78, 5) is 33.8. The lowest BCUT2D eigenvalue weighted by atomic mass is 10.0. The second-order valence-corrected chi connectivity index (χ2v) is 8.20. The molecule has 23 heavy (non-hydrogen) atoms. The molecule has 126 valence electrons. The number of fused-ring (bicyclic) bond motifs is 1. The zero-order valence-electron chi connectivity index (χ0n) is 12.9. The fraction of sp³-hybridized carbons (Fsp3) is 0.643. The van der Waals surface area contributed by atoms with Gasteiger partial charge < -0.3 is 9.88 Å². The van der Waals surface area contributed by atoms with E-state index in [1.807, 2.05) is 0 Å². The van der Waals surface area contributed by atoms with Crippen LogP contribution in [-0.4, -0.2) is 77.3 Å². The molecule has 0 aromatic carbocycles. The van der Waals surface area contributed by atoms with Gasteiger partial charge in [-0.15, -0.1) is 0 Å². The second kappa shape index (κ2) is 6.04. The number of rotatable bonds is 3. The topological polar surface area (TPSA) is 103 Å². The lowest BCUT2D eigenvalue weighted by Gasteiger charge is -2.43. The summed E-state index contributed by atoms with van der Waals surface area (Å²) in [5.41, 5.74) is -0.243. The van der Waals surface area contributed by atoms with E-state index in [1.165, 1.54) is 6.20 Å². The predicted octanol–water partition coefficient (Wildman–Crippen LogP) is -0.897. The lowest BCUT2D eigenvalue weighted by molar-refractivity contribution is 0.0328. The van der Waals surface area contributed by atoms with Crippen molar-refractivity contribution >= 4 is 15.7 Å². The molecule has 0 spiro atoms. The number of aromatic nitrogens is 2. The van der Waals surface area contributed by atoms with Crippen LogP contribution < -0.4 is 5.56 Å². The number of piperazine rings is 1. The Morgan fingerprint density at radius 3 is 2.74 bits per heavy atom. The van der Waals surface area contributed by atoms with E-state index in [-0.39, 0.29) is 40.7 Å². The molecule has 2 saturated heterocycles. The van der Waals surface area contributed by atoms with Gasteiger partial charge in [0.15, 0.2) is 9.84 Å². The van der Waals surface area contributed by atoms with E-state index in [0.29, 0.717) is 13.1 Å². The molecule has 1 N–H and O–H groups in total. The number of carbonyl (C=O) groups excluding carboxylic acids is 1. The smallest absolute Gasteiger partial charge is 0.274 e. The molecule has 2 aliphatic heterocycles. The summed E-state index contributed by atoms with van der Waals surface area (Å²) < 4.78 is 24.1. The molecule has 8 nitrogen and oxygen atoms in total. The molecule has 2 fully saturated rings. The van der Waals surface area contributed by atoms with Gasteiger partial charge in [-0.25, -0.2) is 13.4 Å². The highest BCUT2D eigenvalue weighted by Gasteiger charge is 2.47. The van der Waals surface area contributed by atoms with Crippen molar-refractivity contribution in [1.82, 2.24) is 19.8 Å². The number of H-pyrrole nitrogens is 1. The summed E-state index contributed by atoms with van der Waals surface area (Å²) in [6, 6.07) is -0.498. The normalized spacial score (nSPS) is 26.9. The lowest BCUT2D eigenvalue weighted by Crippen LogP contribution is -2.60. The van der Waals surface area contributed by atoms with Crippen molar-refractivity contribution in [3.05, 3.63) is 28.4 Å². The summed E-state index contributed by atoms with van der Waals surface area (Å²) in [7, 11) is -3.15. The van der Waals surface area contributed by atoms with Crippen molar-refractivity contribution in [2.24, 2.45) is 0 Å². The van der Waals surface area contributed by atoms with Crippen molar-refractivity contribution in [2.75, 3.05) is 31.1 Å². The van der Waals surface area contributed by atoms with Gasteiger partial charge >= 0.3 is 0 Å². The molecule has 1 aromatic heterocycles.